The van der Waals surface area contributed by atoms with E-state index in [4.69, 9.17) is 0 Å². The highest BCUT2D eigenvalue weighted by atomic mass is 19.2. The number of benzene rings is 3. The molecule has 0 bridgehead atoms. The van der Waals surface area contributed by atoms with Crippen LogP contribution in [-0.4, -0.2) is 0 Å². The molecule has 1 fully saturated rings. The van der Waals surface area contributed by atoms with Crippen LogP contribution in [0.15, 0.2) is 73.3 Å². The molecule has 43 heavy (non-hydrogen) atoms. The van der Waals surface area contributed by atoms with Gasteiger partial charge in [0.1, 0.15) is 5.82 Å². The minimum Gasteiger partial charge on any atom is -0.206 e. The van der Waals surface area contributed by atoms with Crippen LogP contribution in [0.1, 0.15) is 102 Å². The maximum absolute atomic E-state index is 15.4. The topological polar surface area (TPSA) is 0 Å². The summed E-state index contributed by atoms with van der Waals surface area (Å²) in [5.74, 6) is 0.453. The van der Waals surface area contributed by atoms with E-state index in [1.165, 1.54) is 44.9 Å². The molecule has 228 valence electrons. The molecule has 0 amide bonds. The van der Waals surface area contributed by atoms with Gasteiger partial charge in [0.25, 0.3) is 0 Å². The van der Waals surface area contributed by atoms with Crippen molar-refractivity contribution in [1.82, 2.24) is 0 Å². The zero-order chi connectivity index (χ0) is 30.2. The zero-order valence-electron chi connectivity index (χ0n) is 25.8. The van der Waals surface area contributed by atoms with E-state index in [-0.39, 0.29) is 11.4 Å². The van der Waals surface area contributed by atoms with Crippen LogP contribution in [-0.2, 0) is 6.42 Å². The van der Waals surface area contributed by atoms with Gasteiger partial charge < -0.3 is 0 Å². The van der Waals surface area contributed by atoms with Gasteiger partial charge in [-0.2, -0.15) is 0 Å². The summed E-state index contributed by atoms with van der Waals surface area (Å²) < 4.78 is 45.3. The summed E-state index contributed by atoms with van der Waals surface area (Å²) in [6.45, 7) is 6.15. The Kier molecular flexibility index (Phi) is 11.0. The van der Waals surface area contributed by atoms with Crippen molar-refractivity contribution < 1.29 is 13.2 Å². The Labute approximate surface area is 257 Å². The van der Waals surface area contributed by atoms with Crippen LogP contribution in [0.3, 0.4) is 0 Å². The predicted octanol–water partition coefficient (Wildman–Crippen LogP) is 12.5. The normalized spacial score (nSPS) is 20.6. The van der Waals surface area contributed by atoms with Gasteiger partial charge in [-0.15, -0.1) is 6.58 Å². The lowest BCUT2D eigenvalue weighted by Gasteiger charge is -2.34. The molecule has 3 heteroatoms. The van der Waals surface area contributed by atoms with Gasteiger partial charge in [-0.05, 0) is 109 Å². The second-order valence-corrected chi connectivity index (χ2v) is 12.9. The summed E-state index contributed by atoms with van der Waals surface area (Å²) in [6.07, 6.45) is 19.8. The molecule has 1 atom stereocenters. The van der Waals surface area contributed by atoms with Gasteiger partial charge in [0.05, 0.1) is 0 Å². The van der Waals surface area contributed by atoms with E-state index in [2.05, 4.69) is 25.7 Å². The maximum atomic E-state index is 15.4. The number of allylic oxidation sites excluding steroid dienone is 3. The van der Waals surface area contributed by atoms with Crippen molar-refractivity contribution >= 4 is 5.57 Å². The summed E-state index contributed by atoms with van der Waals surface area (Å²) in [5.41, 5.74) is 4.77. The lowest BCUT2D eigenvalue weighted by Crippen LogP contribution is -2.22. The molecule has 2 aliphatic rings. The molecule has 0 nitrogen and oxygen atoms in total. The van der Waals surface area contributed by atoms with E-state index in [9.17, 15) is 4.39 Å². The Morgan fingerprint density at radius 1 is 0.698 bits per heavy atom. The highest BCUT2D eigenvalue weighted by Crippen LogP contribution is 2.42. The lowest BCUT2D eigenvalue weighted by atomic mass is 9.71. The number of rotatable bonds is 12. The van der Waals surface area contributed by atoms with Crippen molar-refractivity contribution in [1.29, 1.82) is 0 Å². The molecule has 0 saturated heterocycles. The third-order valence-corrected chi connectivity index (χ3v) is 10.1. The lowest BCUT2D eigenvalue weighted by molar-refractivity contribution is 0.212. The van der Waals surface area contributed by atoms with Crippen molar-refractivity contribution in [3.63, 3.8) is 0 Å². The van der Waals surface area contributed by atoms with Crippen molar-refractivity contribution in [3.8, 4) is 22.3 Å². The standard InChI is InChI=1S/C40H47F3/c1-3-5-6-7-8-9-10-34-23-26-37(40(43)39(34)42)33-21-17-31(18-22-33)35-24-25-36(38(41)27-35)32-19-15-30(16-20-32)29-13-11-28(4-2)12-14-29/h4,17-19,21-30H,2-3,5-16,20H2,1H3. The summed E-state index contributed by atoms with van der Waals surface area (Å²) >= 11 is 0. The highest BCUT2D eigenvalue weighted by Gasteiger charge is 2.28. The van der Waals surface area contributed by atoms with Crippen molar-refractivity contribution in [2.75, 3.05) is 0 Å². The Morgan fingerprint density at radius 2 is 1.37 bits per heavy atom. The smallest absolute Gasteiger partial charge is 0.166 e. The number of unbranched alkanes of at least 4 members (excludes halogenated alkanes) is 5. The molecule has 0 spiro atoms. The summed E-state index contributed by atoms with van der Waals surface area (Å²) in [7, 11) is 0. The molecule has 0 aromatic heterocycles. The molecule has 1 unspecified atom stereocenters. The fourth-order valence-electron chi connectivity index (χ4n) is 7.28. The predicted molar refractivity (Wildman–Crippen MR) is 175 cm³/mol. The van der Waals surface area contributed by atoms with Crippen LogP contribution >= 0.6 is 0 Å². The van der Waals surface area contributed by atoms with Crippen molar-refractivity contribution in [2.24, 2.45) is 17.8 Å². The van der Waals surface area contributed by atoms with E-state index < -0.39 is 11.6 Å². The van der Waals surface area contributed by atoms with E-state index >= 15 is 8.78 Å². The largest absolute Gasteiger partial charge is 0.206 e. The first-order valence-electron chi connectivity index (χ1n) is 16.7. The van der Waals surface area contributed by atoms with Crippen LogP contribution in [0, 0.1) is 35.2 Å². The third-order valence-electron chi connectivity index (χ3n) is 10.1. The van der Waals surface area contributed by atoms with Crippen LogP contribution in [0.2, 0.25) is 0 Å². The van der Waals surface area contributed by atoms with Crippen molar-refractivity contribution in [3.05, 3.63) is 102 Å². The molecular formula is C40H47F3. The molecule has 1 saturated carbocycles. The Morgan fingerprint density at radius 3 is 2.05 bits per heavy atom. The van der Waals surface area contributed by atoms with Crippen LogP contribution in [0.4, 0.5) is 13.2 Å². The zero-order valence-corrected chi connectivity index (χ0v) is 25.8. The molecule has 2 aliphatic carbocycles. The molecule has 0 aliphatic heterocycles. The molecule has 0 heterocycles. The average Bonchev–Trinajstić information content (AvgIpc) is 3.05. The average molecular weight is 585 g/mol. The number of aryl methyl sites for hydroxylation is 1. The van der Waals surface area contributed by atoms with Gasteiger partial charge in [-0.1, -0.05) is 99.7 Å². The highest BCUT2D eigenvalue weighted by molar-refractivity contribution is 5.74. The Hall–Kier alpha value is -3.07. The van der Waals surface area contributed by atoms with Crippen LogP contribution < -0.4 is 0 Å². The number of hydrogen-bond acceptors (Lipinski definition) is 0. The fourth-order valence-corrected chi connectivity index (χ4v) is 7.28. The minimum atomic E-state index is -0.793. The quantitative estimate of drug-likeness (QED) is 0.147. The second kappa shape index (κ2) is 15.1. The summed E-state index contributed by atoms with van der Waals surface area (Å²) in [4.78, 5) is 0. The van der Waals surface area contributed by atoms with E-state index in [0.717, 1.165) is 61.1 Å². The molecule has 0 radical (unpaired) electrons. The van der Waals surface area contributed by atoms with Gasteiger partial charge in [-0.25, -0.2) is 13.2 Å². The number of hydrogen-bond donors (Lipinski definition) is 0. The van der Waals surface area contributed by atoms with Gasteiger partial charge in [0, 0.05) is 11.1 Å². The monoisotopic (exact) mass is 584 g/mol. The summed E-state index contributed by atoms with van der Waals surface area (Å²) in [6, 6.07) is 16.2. The van der Waals surface area contributed by atoms with Gasteiger partial charge in [0.15, 0.2) is 11.6 Å². The molecule has 3 aromatic carbocycles. The van der Waals surface area contributed by atoms with Gasteiger partial charge in [0.2, 0.25) is 0 Å². The molecular weight excluding hydrogens is 537 g/mol. The van der Waals surface area contributed by atoms with Crippen LogP contribution in [0.25, 0.3) is 27.8 Å². The maximum Gasteiger partial charge on any atom is 0.166 e. The van der Waals surface area contributed by atoms with Crippen molar-refractivity contribution in [2.45, 2.75) is 96.8 Å². The molecule has 0 N–H and O–H groups in total. The SMILES string of the molecule is C=CC1CCC(C2CC=C(c3ccc(-c4ccc(-c5ccc(CCCCCCCC)c(F)c5F)cc4)cc3F)CC2)CC1. The molecule has 5 rings (SSSR count). The second-order valence-electron chi connectivity index (χ2n) is 12.9. The first kappa shape index (κ1) is 31.4. The fraction of sp³-hybridized carbons (Fsp3) is 0.450. The third kappa shape index (κ3) is 7.72. The number of halogens is 3. The van der Waals surface area contributed by atoms with E-state index in [1.807, 2.05) is 24.3 Å². The first-order valence-corrected chi connectivity index (χ1v) is 16.7. The van der Waals surface area contributed by atoms with Gasteiger partial charge >= 0.3 is 0 Å². The minimum absolute atomic E-state index is 0.202. The van der Waals surface area contributed by atoms with Gasteiger partial charge in [-0.3, -0.25) is 0 Å². The first-order chi connectivity index (χ1) is 21.0. The summed E-state index contributed by atoms with van der Waals surface area (Å²) in [5, 5.41) is 0. The van der Waals surface area contributed by atoms with Crippen LogP contribution in [0.5, 0.6) is 0 Å². The molecule has 3 aromatic rings. The van der Waals surface area contributed by atoms with E-state index in [1.54, 1.807) is 30.3 Å². The Balaban J connectivity index is 1.21. The van der Waals surface area contributed by atoms with E-state index in [0.29, 0.717) is 34.9 Å². The Bertz CT molecular complexity index is 1390.